The Kier molecular flexibility index (Phi) is 12.1. The summed E-state index contributed by atoms with van der Waals surface area (Å²) in [7, 11) is 0. The first-order chi connectivity index (χ1) is 21.2. The number of carbonyl (C=O) groups is 2. The van der Waals surface area contributed by atoms with Crippen LogP contribution < -0.4 is 16.0 Å². The predicted octanol–water partition coefficient (Wildman–Crippen LogP) is 5.98. The van der Waals surface area contributed by atoms with Crippen LogP contribution in [0, 0.1) is 5.92 Å². The number of H-pyrrole nitrogens is 1. The smallest absolute Gasteiger partial charge is 0.251 e. The molecule has 4 rings (SSSR count). The molecule has 0 radical (unpaired) electrons. The molecule has 2 amide bonds. The Morgan fingerprint density at radius 3 is 2.34 bits per heavy atom. The van der Waals surface area contributed by atoms with Crippen LogP contribution in [0.1, 0.15) is 80.8 Å². The summed E-state index contributed by atoms with van der Waals surface area (Å²) >= 11 is 0. The molecule has 2 atom stereocenters. The molecule has 8 nitrogen and oxygen atoms in total. The number of benzene rings is 3. The number of imidazole rings is 1. The number of rotatable bonds is 16. The highest BCUT2D eigenvalue weighted by Crippen LogP contribution is 2.24. The van der Waals surface area contributed by atoms with Crippen LogP contribution in [0.25, 0.3) is 10.8 Å². The lowest BCUT2D eigenvalue weighted by Gasteiger charge is -2.29. The molecule has 0 fully saturated rings. The van der Waals surface area contributed by atoms with Crippen molar-refractivity contribution in [3.63, 3.8) is 0 Å². The molecule has 44 heavy (non-hydrogen) atoms. The molecule has 0 bridgehead atoms. The minimum absolute atomic E-state index is 0.169. The molecule has 4 N–H and O–H groups in total. The molecule has 1 aromatic heterocycles. The molecule has 0 aliphatic heterocycles. The maximum absolute atomic E-state index is 13.7. The number of fused-ring (bicyclic) bond motifs is 1. The maximum Gasteiger partial charge on any atom is 0.251 e. The number of nitrogens with zero attached hydrogens (tertiary/aromatic N) is 2. The summed E-state index contributed by atoms with van der Waals surface area (Å²) < 4.78 is 0. The minimum atomic E-state index is -0.650. The van der Waals surface area contributed by atoms with Crippen molar-refractivity contribution in [3.05, 3.63) is 102 Å². The summed E-state index contributed by atoms with van der Waals surface area (Å²) in [5.74, 6) is 1.01. The van der Waals surface area contributed by atoms with Crippen LogP contribution in [0.3, 0.4) is 0 Å². The Labute approximate surface area is 262 Å². The fourth-order valence-corrected chi connectivity index (χ4v) is 5.55. The van der Waals surface area contributed by atoms with E-state index in [-0.39, 0.29) is 17.9 Å². The summed E-state index contributed by atoms with van der Waals surface area (Å²) in [6, 6.07) is 21.4. The van der Waals surface area contributed by atoms with E-state index < -0.39 is 6.04 Å². The molecule has 8 heteroatoms. The molecule has 0 saturated carbocycles. The average molecular weight is 597 g/mol. The quantitative estimate of drug-likeness (QED) is 0.128. The largest absolute Gasteiger partial charge is 0.348 e. The number of aromatic amines is 1. The molecule has 0 aliphatic carbocycles. The van der Waals surface area contributed by atoms with Gasteiger partial charge in [0.25, 0.3) is 5.91 Å². The van der Waals surface area contributed by atoms with E-state index in [1.807, 2.05) is 49.4 Å². The minimum Gasteiger partial charge on any atom is -0.348 e. The van der Waals surface area contributed by atoms with E-state index in [0.29, 0.717) is 37.0 Å². The van der Waals surface area contributed by atoms with Crippen molar-refractivity contribution in [1.29, 1.82) is 0 Å². The van der Waals surface area contributed by atoms with Gasteiger partial charge >= 0.3 is 0 Å². The summed E-state index contributed by atoms with van der Waals surface area (Å²) in [5.41, 5.74) is 2.65. The van der Waals surface area contributed by atoms with E-state index in [2.05, 4.69) is 82.8 Å². The Hall–Kier alpha value is -4.01. The van der Waals surface area contributed by atoms with E-state index >= 15 is 0 Å². The molecule has 1 unspecified atom stereocenters. The number of hydrogen-bond acceptors (Lipinski definition) is 5. The van der Waals surface area contributed by atoms with Gasteiger partial charge < -0.3 is 25.8 Å². The van der Waals surface area contributed by atoms with Crippen molar-refractivity contribution in [2.24, 2.45) is 5.92 Å². The van der Waals surface area contributed by atoms with Gasteiger partial charge in [-0.2, -0.15) is 0 Å². The van der Waals surface area contributed by atoms with Crippen LogP contribution in [0.2, 0.25) is 0 Å². The van der Waals surface area contributed by atoms with Gasteiger partial charge in [0.15, 0.2) is 0 Å². The Morgan fingerprint density at radius 2 is 1.64 bits per heavy atom. The van der Waals surface area contributed by atoms with Gasteiger partial charge in [0.05, 0.1) is 12.6 Å². The zero-order valence-corrected chi connectivity index (χ0v) is 26.8. The van der Waals surface area contributed by atoms with E-state index in [1.54, 1.807) is 12.4 Å². The second-order valence-electron chi connectivity index (χ2n) is 12.3. The third-order valence-electron chi connectivity index (χ3n) is 7.93. The standard InChI is InChI=1S/C36H48N6O2/c1-25(2)24-42(26(3)4)21-9-14-33(36(44)40-27(5)31-13-8-11-29-10-6-7-12-32(29)31)41-35(43)30-17-15-28(16-18-30)22-37-23-34-38-19-20-39-34/h6-8,10-13,15-20,25-27,33,37H,9,14,21-24H2,1-5H3,(H,38,39)(H,40,44)(H,41,43)/t27?,33-/m0/s1. The number of nitrogens with one attached hydrogen (secondary N) is 4. The second-order valence-corrected chi connectivity index (χ2v) is 12.3. The van der Waals surface area contributed by atoms with Crippen molar-refractivity contribution < 1.29 is 9.59 Å². The first kappa shape index (κ1) is 32.9. The van der Waals surface area contributed by atoms with Gasteiger partial charge in [0.1, 0.15) is 11.9 Å². The first-order valence-electron chi connectivity index (χ1n) is 15.8. The van der Waals surface area contributed by atoms with Crippen molar-refractivity contribution in [1.82, 2.24) is 30.8 Å². The monoisotopic (exact) mass is 596 g/mol. The van der Waals surface area contributed by atoms with Crippen LogP contribution in [0.5, 0.6) is 0 Å². The average Bonchev–Trinajstić information content (AvgIpc) is 3.53. The molecule has 4 aromatic rings. The van der Waals surface area contributed by atoms with Crippen LogP contribution in [-0.4, -0.2) is 51.9 Å². The first-order valence-corrected chi connectivity index (χ1v) is 15.8. The van der Waals surface area contributed by atoms with Gasteiger partial charge in [-0.1, -0.05) is 68.4 Å². The molecular weight excluding hydrogens is 548 g/mol. The van der Waals surface area contributed by atoms with Crippen LogP contribution in [0.15, 0.2) is 79.1 Å². The lowest BCUT2D eigenvalue weighted by molar-refractivity contribution is -0.123. The topological polar surface area (TPSA) is 102 Å². The highest BCUT2D eigenvalue weighted by atomic mass is 16.2. The summed E-state index contributed by atoms with van der Waals surface area (Å²) in [4.78, 5) is 36.9. The molecule has 0 saturated heterocycles. The molecule has 3 aromatic carbocycles. The van der Waals surface area contributed by atoms with Gasteiger partial charge in [-0.05, 0) is 80.1 Å². The summed E-state index contributed by atoms with van der Waals surface area (Å²) in [6.45, 7) is 14.0. The lowest BCUT2D eigenvalue weighted by atomic mass is 9.99. The van der Waals surface area contributed by atoms with Crippen LogP contribution >= 0.6 is 0 Å². The van der Waals surface area contributed by atoms with Crippen molar-refractivity contribution >= 4 is 22.6 Å². The molecular formula is C36H48N6O2. The summed E-state index contributed by atoms with van der Waals surface area (Å²) in [5, 5.41) is 11.8. The lowest BCUT2D eigenvalue weighted by Crippen LogP contribution is -2.47. The van der Waals surface area contributed by atoms with Crippen LogP contribution in [-0.2, 0) is 17.9 Å². The highest BCUT2D eigenvalue weighted by Gasteiger charge is 2.24. The van der Waals surface area contributed by atoms with E-state index in [0.717, 1.165) is 47.2 Å². The highest BCUT2D eigenvalue weighted by molar-refractivity contribution is 5.97. The Bertz CT molecular complexity index is 1460. The van der Waals surface area contributed by atoms with Gasteiger partial charge in [-0.25, -0.2) is 4.98 Å². The van der Waals surface area contributed by atoms with E-state index in [4.69, 9.17) is 0 Å². The molecule has 0 spiro atoms. The number of carbonyl (C=O) groups excluding carboxylic acids is 2. The van der Waals surface area contributed by atoms with Crippen molar-refractivity contribution in [3.8, 4) is 0 Å². The zero-order valence-electron chi connectivity index (χ0n) is 26.8. The molecule has 0 aliphatic rings. The van der Waals surface area contributed by atoms with E-state index in [9.17, 15) is 9.59 Å². The predicted molar refractivity (Wildman–Crippen MR) is 178 cm³/mol. The number of aromatic nitrogens is 2. The van der Waals surface area contributed by atoms with Gasteiger partial charge in [-0.15, -0.1) is 0 Å². The SMILES string of the molecule is CC(C)CN(CCC[C@H](NC(=O)c1ccc(CNCc2ncc[nH]2)cc1)C(=O)NC(C)c1cccc2ccccc12)C(C)C. The zero-order chi connectivity index (χ0) is 31.5. The number of amides is 2. The van der Waals surface area contributed by atoms with Gasteiger partial charge in [0.2, 0.25) is 5.91 Å². The van der Waals surface area contributed by atoms with Gasteiger partial charge in [-0.3, -0.25) is 9.59 Å². The third kappa shape index (κ3) is 9.49. The molecule has 1 heterocycles. The number of hydrogen-bond donors (Lipinski definition) is 4. The Morgan fingerprint density at radius 1 is 0.886 bits per heavy atom. The Balaban J connectivity index is 1.42. The van der Waals surface area contributed by atoms with Crippen LogP contribution in [0.4, 0.5) is 0 Å². The fraction of sp³-hybridized carbons (Fsp3) is 0.417. The van der Waals surface area contributed by atoms with Gasteiger partial charge in [0, 0.05) is 37.1 Å². The van der Waals surface area contributed by atoms with Crippen molar-refractivity contribution in [2.45, 2.75) is 78.7 Å². The third-order valence-corrected chi connectivity index (χ3v) is 7.93. The fourth-order valence-electron chi connectivity index (χ4n) is 5.55. The van der Waals surface area contributed by atoms with E-state index in [1.165, 1.54) is 0 Å². The second kappa shape index (κ2) is 16.2. The normalized spacial score (nSPS) is 13.0. The summed E-state index contributed by atoms with van der Waals surface area (Å²) in [6.07, 6.45) is 4.88. The maximum atomic E-state index is 13.7. The van der Waals surface area contributed by atoms with Crippen molar-refractivity contribution in [2.75, 3.05) is 13.1 Å². The molecule has 234 valence electrons.